The van der Waals surface area contributed by atoms with Crippen molar-refractivity contribution in [2.75, 3.05) is 0 Å². The molecule has 5 heteroatoms. The lowest BCUT2D eigenvalue weighted by Crippen LogP contribution is -2.21. The third-order valence-electron chi connectivity index (χ3n) is 2.71. The van der Waals surface area contributed by atoms with Gasteiger partial charge < -0.3 is 5.32 Å². The van der Waals surface area contributed by atoms with E-state index in [1.54, 1.807) is 6.20 Å². The molecule has 0 aliphatic rings. The summed E-state index contributed by atoms with van der Waals surface area (Å²) in [5.74, 6) is 0. The molecule has 0 aliphatic heterocycles. The molecule has 0 aliphatic carbocycles. The van der Waals surface area contributed by atoms with Crippen molar-refractivity contribution in [3.8, 4) is 0 Å². The van der Waals surface area contributed by atoms with Crippen molar-refractivity contribution < 1.29 is 0 Å². The summed E-state index contributed by atoms with van der Waals surface area (Å²) in [5, 5.41) is 11.6. The molecule has 0 amide bonds. The maximum atomic E-state index is 4.35. The number of pyridine rings is 1. The van der Waals surface area contributed by atoms with Crippen LogP contribution in [0.5, 0.6) is 0 Å². The molecule has 2 heterocycles. The molecule has 5 nitrogen and oxygen atoms in total. The van der Waals surface area contributed by atoms with E-state index < -0.39 is 0 Å². The number of aryl methyl sites for hydroxylation is 1. The van der Waals surface area contributed by atoms with Gasteiger partial charge in [-0.25, -0.2) is 4.68 Å². The summed E-state index contributed by atoms with van der Waals surface area (Å²) < 4.78 is 1.83. The first-order valence-corrected chi connectivity index (χ1v) is 6.18. The summed E-state index contributed by atoms with van der Waals surface area (Å²) in [7, 11) is 0. The molecule has 96 valence electrons. The maximum absolute atomic E-state index is 4.35. The minimum absolute atomic E-state index is 0.452. The summed E-state index contributed by atoms with van der Waals surface area (Å²) in [4.78, 5) is 4.35. The van der Waals surface area contributed by atoms with E-state index in [1.807, 2.05) is 16.9 Å². The highest BCUT2D eigenvalue weighted by Gasteiger charge is 2.04. The largest absolute Gasteiger partial charge is 0.309 e. The molecule has 0 unspecified atom stereocenters. The number of rotatable bonds is 5. The van der Waals surface area contributed by atoms with Gasteiger partial charge in [0.15, 0.2) is 0 Å². The quantitative estimate of drug-likeness (QED) is 0.868. The minimum Gasteiger partial charge on any atom is -0.309 e. The lowest BCUT2D eigenvalue weighted by Gasteiger charge is -2.04. The van der Waals surface area contributed by atoms with Gasteiger partial charge in [-0.3, -0.25) is 4.98 Å². The van der Waals surface area contributed by atoms with Gasteiger partial charge >= 0.3 is 0 Å². The topological polar surface area (TPSA) is 55.6 Å². The smallest absolute Gasteiger partial charge is 0.0965 e. The molecule has 0 aromatic carbocycles. The molecule has 0 saturated carbocycles. The third-order valence-corrected chi connectivity index (χ3v) is 2.71. The fraction of sp³-hybridized carbons (Fsp3) is 0.462. The molecule has 2 rings (SSSR count). The molecule has 0 bridgehead atoms. The molecule has 0 fully saturated rings. The Morgan fingerprint density at radius 1 is 1.39 bits per heavy atom. The lowest BCUT2D eigenvalue weighted by atomic mass is 10.2. The van der Waals surface area contributed by atoms with E-state index in [0.29, 0.717) is 12.6 Å². The molecular formula is C13H19N5. The van der Waals surface area contributed by atoms with Crippen LogP contribution in [0.1, 0.15) is 30.8 Å². The van der Waals surface area contributed by atoms with Gasteiger partial charge in [-0.05, 0) is 18.6 Å². The average molecular weight is 245 g/mol. The van der Waals surface area contributed by atoms with E-state index in [0.717, 1.165) is 17.9 Å². The van der Waals surface area contributed by atoms with Gasteiger partial charge in [-0.2, -0.15) is 0 Å². The second-order valence-electron chi connectivity index (χ2n) is 4.71. The Labute approximate surface area is 107 Å². The second-order valence-corrected chi connectivity index (χ2v) is 4.71. The van der Waals surface area contributed by atoms with E-state index in [9.17, 15) is 0 Å². The summed E-state index contributed by atoms with van der Waals surface area (Å²) >= 11 is 0. The molecule has 0 saturated heterocycles. The number of hydrogen-bond acceptors (Lipinski definition) is 4. The predicted molar refractivity (Wildman–Crippen MR) is 70.1 cm³/mol. The van der Waals surface area contributed by atoms with Crippen LogP contribution in [0.3, 0.4) is 0 Å². The van der Waals surface area contributed by atoms with Gasteiger partial charge in [0.05, 0.1) is 24.1 Å². The van der Waals surface area contributed by atoms with Crippen LogP contribution in [0.25, 0.3) is 0 Å². The summed E-state index contributed by atoms with van der Waals surface area (Å²) in [6.45, 7) is 7.70. The van der Waals surface area contributed by atoms with Crippen molar-refractivity contribution in [2.45, 2.75) is 39.9 Å². The van der Waals surface area contributed by atoms with Gasteiger partial charge in [0.1, 0.15) is 0 Å². The first kappa shape index (κ1) is 12.7. The van der Waals surface area contributed by atoms with Crippen LogP contribution < -0.4 is 5.32 Å². The van der Waals surface area contributed by atoms with Gasteiger partial charge in [-0.1, -0.05) is 25.1 Å². The molecule has 0 atom stereocenters. The van der Waals surface area contributed by atoms with Crippen LogP contribution >= 0.6 is 0 Å². The third kappa shape index (κ3) is 3.37. The monoisotopic (exact) mass is 245 g/mol. The van der Waals surface area contributed by atoms with Crippen LogP contribution in [0.15, 0.2) is 24.5 Å². The standard InChI is InChI=1S/C13H19N5/c1-10(2)15-7-12-8-18(17-16-12)9-13-11(3)5-4-6-14-13/h4-6,8,10,15H,7,9H2,1-3H3. The van der Waals surface area contributed by atoms with Crippen LogP contribution in [0, 0.1) is 6.92 Å². The fourth-order valence-electron chi connectivity index (χ4n) is 1.64. The molecular weight excluding hydrogens is 226 g/mol. The fourth-order valence-corrected chi connectivity index (χ4v) is 1.64. The average Bonchev–Trinajstić information content (AvgIpc) is 2.77. The Bertz CT molecular complexity index is 504. The van der Waals surface area contributed by atoms with Crippen LogP contribution in [0.2, 0.25) is 0 Å². The molecule has 18 heavy (non-hydrogen) atoms. The highest BCUT2D eigenvalue weighted by Crippen LogP contribution is 2.05. The van der Waals surface area contributed by atoms with Crippen molar-refractivity contribution in [3.63, 3.8) is 0 Å². The van der Waals surface area contributed by atoms with Gasteiger partial charge in [0.2, 0.25) is 0 Å². The number of aromatic nitrogens is 4. The van der Waals surface area contributed by atoms with Crippen LogP contribution in [-0.2, 0) is 13.1 Å². The highest BCUT2D eigenvalue weighted by atomic mass is 15.4. The van der Waals surface area contributed by atoms with E-state index in [4.69, 9.17) is 0 Å². The Morgan fingerprint density at radius 2 is 2.22 bits per heavy atom. The van der Waals surface area contributed by atoms with Crippen molar-refractivity contribution in [1.29, 1.82) is 0 Å². The van der Waals surface area contributed by atoms with E-state index in [-0.39, 0.29) is 0 Å². The first-order valence-electron chi connectivity index (χ1n) is 6.18. The molecule has 1 N–H and O–H groups in total. The molecule has 2 aromatic rings. The Morgan fingerprint density at radius 3 is 2.94 bits per heavy atom. The zero-order valence-electron chi connectivity index (χ0n) is 11.1. The minimum atomic E-state index is 0.452. The van der Waals surface area contributed by atoms with Crippen molar-refractivity contribution >= 4 is 0 Å². The predicted octanol–water partition coefficient (Wildman–Crippen LogP) is 1.53. The Balaban J connectivity index is 2.00. The molecule has 0 spiro atoms. The summed E-state index contributed by atoms with van der Waals surface area (Å²) in [6, 6.07) is 4.45. The Kier molecular flexibility index (Phi) is 4.04. The van der Waals surface area contributed by atoms with Crippen molar-refractivity contribution in [2.24, 2.45) is 0 Å². The highest BCUT2D eigenvalue weighted by molar-refractivity contribution is 5.17. The van der Waals surface area contributed by atoms with Gasteiger partial charge in [0.25, 0.3) is 0 Å². The zero-order valence-corrected chi connectivity index (χ0v) is 11.1. The normalized spacial score (nSPS) is 11.1. The molecule has 2 aromatic heterocycles. The number of nitrogens with zero attached hydrogens (tertiary/aromatic N) is 4. The molecule has 0 radical (unpaired) electrons. The van der Waals surface area contributed by atoms with E-state index in [1.165, 1.54) is 5.56 Å². The summed E-state index contributed by atoms with van der Waals surface area (Å²) in [5.41, 5.74) is 3.16. The van der Waals surface area contributed by atoms with Crippen molar-refractivity contribution in [3.05, 3.63) is 41.5 Å². The first-order chi connectivity index (χ1) is 8.65. The van der Waals surface area contributed by atoms with Crippen molar-refractivity contribution in [1.82, 2.24) is 25.3 Å². The SMILES string of the molecule is Cc1cccnc1Cn1cc(CNC(C)C)nn1. The van der Waals surface area contributed by atoms with E-state index in [2.05, 4.69) is 47.5 Å². The van der Waals surface area contributed by atoms with Gasteiger partial charge in [0, 0.05) is 18.8 Å². The van der Waals surface area contributed by atoms with Crippen LogP contribution in [0.4, 0.5) is 0 Å². The van der Waals surface area contributed by atoms with Crippen LogP contribution in [-0.4, -0.2) is 26.0 Å². The zero-order chi connectivity index (χ0) is 13.0. The Hall–Kier alpha value is -1.75. The van der Waals surface area contributed by atoms with Gasteiger partial charge in [-0.15, -0.1) is 5.10 Å². The maximum Gasteiger partial charge on any atom is 0.0965 e. The number of hydrogen-bond donors (Lipinski definition) is 1. The lowest BCUT2D eigenvalue weighted by molar-refractivity contribution is 0.580. The van der Waals surface area contributed by atoms with E-state index >= 15 is 0 Å². The summed E-state index contributed by atoms with van der Waals surface area (Å²) in [6.07, 6.45) is 3.77. The second kappa shape index (κ2) is 5.73. The number of nitrogens with one attached hydrogen (secondary N) is 1.